The first-order valence-corrected chi connectivity index (χ1v) is 9.60. The predicted molar refractivity (Wildman–Crippen MR) is 108 cm³/mol. The molecule has 0 atom stereocenters. The van der Waals surface area contributed by atoms with E-state index in [0.29, 0.717) is 29.7 Å². The lowest BCUT2D eigenvalue weighted by molar-refractivity contribution is -0.122. The average molecular weight is 409 g/mol. The number of hydrogen-bond acceptors (Lipinski definition) is 5. The fourth-order valence-corrected chi connectivity index (χ4v) is 3.08. The molecule has 3 rings (SSSR count). The Balaban J connectivity index is 1.32. The summed E-state index contributed by atoms with van der Waals surface area (Å²) in [5.74, 6) is 1.66. The molecule has 2 heterocycles. The van der Waals surface area contributed by atoms with Gasteiger partial charge in [-0.1, -0.05) is 23.2 Å². The summed E-state index contributed by atoms with van der Waals surface area (Å²) < 4.78 is 5.56. The summed E-state index contributed by atoms with van der Waals surface area (Å²) >= 11 is 11.7. The van der Waals surface area contributed by atoms with Gasteiger partial charge in [-0.25, -0.2) is 4.98 Å². The van der Waals surface area contributed by atoms with E-state index in [2.05, 4.69) is 20.1 Å². The minimum atomic E-state index is 0.00720. The molecule has 0 bridgehead atoms. The number of nitrogens with zero attached hydrogens (tertiary/aromatic N) is 3. The molecule has 1 aliphatic heterocycles. The van der Waals surface area contributed by atoms with Gasteiger partial charge >= 0.3 is 0 Å². The molecule has 27 heavy (non-hydrogen) atoms. The SMILES string of the molecule is O=C(CN1CCN(c2ccc(Cl)cn2)CC1)NCCOc1ccc(Cl)cc1. The molecule has 0 radical (unpaired) electrons. The van der Waals surface area contributed by atoms with Crippen molar-refractivity contribution in [2.24, 2.45) is 0 Å². The van der Waals surface area contributed by atoms with Crippen LogP contribution in [0.4, 0.5) is 5.82 Å². The minimum Gasteiger partial charge on any atom is -0.492 e. The number of ether oxygens (including phenoxy) is 1. The maximum atomic E-state index is 12.1. The van der Waals surface area contributed by atoms with Crippen molar-refractivity contribution in [3.05, 3.63) is 52.6 Å². The third-order valence-corrected chi connectivity index (χ3v) is 4.76. The molecule has 0 spiro atoms. The Morgan fingerprint density at radius 1 is 1.04 bits per heavy atom. The van der Waals surface area contributed by atoms with Crippen LogP contribution in [0.1, 0.15) is 0 Å². The predicted octanol–water partition coefficient (Wildman–Crippen LogP) is 2.71. The van der Waals surface area contributed by atoms with E-state index in [9.17, 15) is 4.79 Å². The number of rotatable bonds is 7. The first-order chi connectivity index (χ1) is 13.1. The molecule has 0 unspecified atom stereocenters. The number of halogens is 2. The van der Waals surface area contributed by atoms with Gasteiger partial charge in [-0.05, 0) is 36.4 Å². The zero-order valence-electron chi connectivity index (χ0n) is 14.9. The van der Waals surface area contributed by atoms with Crippen molar-refractivity contribution >= 4 is 34.9 Å². The van der Waals surface area contributed by atoms with Crippen molar-refractivity contribution in [1.29, 1.82) is 0 Å². The van der Waals surface area contributed by atoms with Crippen LogP contribution in [0, 0.1) is 0 Å². The molecule has 8 heteroatoms. The van der Waals surface area contributed by atoms with Crippen molar-refractivity contribution in [2.75, 3.05) is 50.8 Å². The van der Waals surface area contributed by atoms with Crippen LogP contribution in [0.2, 0.25) is 10.0 Å². The number of piperazine rings is 1. The van der Waals surface area contributed by atoms with Crippen LogP contribution in [0.25, 0.3) is 0 Å². The number of amides is 1. The molecule has 1 saturated heterocycles. The molecular formula is C19H22Cl2N4O2. The molecule has 0 aliphatic carbocycles. The summed E-state index contributed by atoms with van der Waals surface area (Å²) in [5.41, 5.74) is 0. The van der Waals surface area contributed by atoms with Crippen LogP contribution < -0.4 is 15.0 Å². The number of nitrogens with one attached hydrogen (secondary N) is 1. The Morgan fingerprint density at radius 2 is 1.74 bits per heavy atom. The largest absolute Gasteiger partial charge is 0.492 e. The van der Waals surface area contributed by atoms with Crippen LogP contribution in [-0.4, -0.2) is 61.7 Å². The van der Waals surface area contributed by atoms with E-state index >= 15 is 0 Å². The zero-order chi connectivity index (χ0) is 19.1. The Labute approximate surface area is 169 Å². The van der Waals surface area contributed by atoms with Crippen LogP contribution >= 0.6 is 23.2 Å². The zero-order valence-corrected chi connectivity index (χ0v) is 16.4. The second-order valence-corrected chi connectivity index (χ2v) is 7.12. The van der Waals surface area contributed by atoms with Crippen molar-refractivity contribution < 1.29 is 9.53 Å². The van der Waals surface area contributed by atoms with Gasteiger partial charge < -0.3 is 15.0 Å². The van der Waals surface area contributed by atoms with Crippen molar-refractivity contribution in [1.82, 2.24) is 15.2 Å². The number of carbonyl (C=O) groups is 1. The number of pyridine rings is 1. The van der Waals surface area contributed by atoms with E-state index in [-0.39, 0.29) is 5.91 Å². The maximum absolute atomic E-state index is 12.1. The van der Waals surface area contributed by atoms with Gasteiger partial charge in [-0.3, -0.25) is 9.69 Å². The lowest BCUT2D eigenvalue weighted by atomic mass is 10.3. The highest BCUT2D eigenvalue weighted by Crippen LogP contribution is 2.16. The number of benzene rings is 1. The highest BCUT2D eigenvalue weighted by molar-refractivity contribution is 6.30. The molecule has 1 N–H and O–H groups in total. The van der Waals surface area contributed by atoms with E-state index in [4.69, 9.17) is 27.9 Å². The molecular weight excluding hydrogens is 387 g/mol. The Bertz CT molecular complexity index is 732. The third-order valence-electron chi connectivity index (χ3n) is 4.28. The standard InChI is InChI=1S/C19H22Cl2N4O2/c20-15-1-4-17(5-2-15)27-12-7-22-19(26)14-24-8-10-25(11-9-24)18-6-3-16(21)13-23-18/h1-6,13H,7-12,14H2,(H,22,26). The smallest absolute Gasteiger partial charge is 0.234 e. The Morgan fingerprint density at radius 3 is 2.41 bits per heavy atom. The van der Waals surface area contributed by atoms with Gasteiger partial charge in [0.05, 0.1) is 18.1 Å². The highest BCUT2D eigenvalue weighted by Gasteiger charge is 2.19. The molecule has 1 aromatic heterocycles. The number of anilines is 1. The summed E-state index contributed by atoms with van der Waals surface area (Å²) in [6, 6.07) is 10.9. The lowest BCUT2D eigenvalue weighted by Crippen LogP contribution is -2.50. The average Bonchev–Trinajstić information content (AvgIpc) is 2.68. The van der Waals surface area contributed by atoms with Gasteiger partial charge in [-0.15, -0.1) is 0 Å². The number of aromatic nitrogens is 1. The van der Waals surface area contributed by atoms with E-state index in [1.165, 1.54) is 0 Å². The van der Waals surface area contributed by atoms with Gasteiger partial charge in [0.2, 0.25) is 5.91 Å². The van der Waals surface area contributed by atoms with E-state index in [1.54, 1.807) is 30.5 Å². The van der Waals surface area contributed by atoms with E-state index in [0.717, 1.165) is 37.7 Å². The van der Waals surface area contributed by atoms with Gasteiger partial charge in [0.25, 0.3) is 0 Å². The first-order valence-electron chi connectivity index (χ1n) is 8.84. The maximum Gasteiger partial charge on any atom is 0.234 e. The van der Waals surface area contributed by atoms with Crippen LogP contribution in [0.5, 0.6) is 5.75 Å². The van der Waals surface area contributed by atoms with Crippen molar-refractivity contribution in [2.45, 2.75) is 0 Å². The molecule has 1 aromatic carbocycles. The fraction of sp³-hybridized carbons (Fsp3) is 0.368. The van der Waals surface area contributed by atoms with Gasteiger partial charge in [0.1, 0.15) is 18.2 Å². The highest BCUT2D eigenvalue weighted by atomic mass is 35.5. The monoisotopic (exact) mass is 408 g/mol. The summed E-state index contributed by atoms with van der Waals surface area (Å²) in [5, 5.41) is 4.19. The normalized spacial score (nSPS) is 14.8. The van der Waals surface area contributed by atoms with Gasteiger partial charge in [0.15, 0.2) is 0 Å². The summed E-state index contributed by atoms with van der Waals surface area (Å²) in [7, 11) is 0. The molecule has 144 valence electrons. The van der Waals surface area contributed by atoms with Crippen molar-refractivity contribution in [3.8, 4) is 5.75 Å². The van der Waals surface area contributed by atoms with E-state index in [1.807, 2.05) is 12.1 Å². The minimum absolute atomic E-state index is 0.00720. The summed E-state index contributed by atoms with van der Waals surface area (Å²) in [6.45, 7) is 4.59. The molecule has 1 fully saturated rings. The van der Waals surface area contributed by atoms with Gasteiger partial charge in [0, 0.05) is 37.4 Å². The third kappa shape index (κ3) is 6.27. The Kier molecular flexibility index (Phi) is 7.15. The molecule has 0 saturated carbocycles. The van der Waals surface area contributed by atoms with Crippen molar-refractivity contribution in [3.63, 3.8) is 0 Å². The number of hydrogen-bond donors (Lipinski definition) is 1. The summed E-state index contributed by atoms with van der Waals surface area (Å²) in [4.78, 5) is 20.8. The lowest BCUT2D eigenvalue weighted by Gasteiger charge is -2.35. The first kappa shape index (κ1) is 19.7. The Hall–Kier alpha value is -2.02. The van der Waals surface area contributed by atoms with E-state index < -0.39 is 0 Å². The van der Waals surface area contributed by atoms with Crippen LogP contribution in [0.3, 0.4) is 0 Å². The molecule has 1 amide bonds. The topological polar surface area (TPSA) is 57.7 Å². The molecule has 1 aliphatic rings. The summed E-state index contributed by atoms with van der Waals surface area (Å²) in [6.07, 6.45) is 1.66. The molecule has 2 aromatic rings. The van der Waals surface area contributed by atoms with Gasteiger partial charge in [-0.2, -0.15) is 0 Å². The fourth-order valence-electron chi connectivity index (χ4n) is 2.84. The van der Waals surface area contributed by atoms with Crippen LogP contribution in [-0.2, 0) is 4.79 Å². The second-order valence-electron chi connectivity index (χ2n) is 6.25. The molecule has 6 nitrogen and oxygen atoms in total. The van der Waals surface area contributed by atoms with Crippen LogP contribution in [0.15, 0.2) is 42.6 Å². The second kappa shape index (κ2) is 9.78. The number of carbonyl (C=O) groups excluding carboxylic acids is 1. The quantitative estimate of drug-likeness (QED) is 0.713.